The third-order valence-corrected chi connectivity index (χ3v) is 5.17. The molecule has 1 aliphatic rings. The average Bonchev–Trinajstić information content (AvgIpc) is 2.45. The molecule has 20 heavy (non-hydrogen) atoms. The number of rotatable bonds is 4. The van der Waals surface area contributed by atoms with Crippen LogP contribution < -0.4 is 5.32 Å². The highest BCUT2D eigenvalue weighted by Gasteiger charge is 2.25. The number of amides is 1. The largest absolute Gasteiger partial charge is 0.352 e. The van der Waals surface area contributed by atoms with Crippen LogP contribution in [0, 0.1) is 11.8 Å². The van der Waals surface area contributed by atoms with Gasteiger partial charge < -0.3 is 5.32 Å². The molecule has 0 saturated heterocycles. The molecule has 0 bridgehead atoms. The van der Waals surface area contributed by atoms with E-state index < -0.39 is 0 Å². The lowest BCUT2D eigenvalue weighted by Gasteiger charge is -2.30. The van der Waals surface area contributed by atoms with Crippen molar-refractivity contribution >= 4 is 45.0 Å². The van der Waals surface area contributed by atoms with Crippen molar-refractivity contribution in [3.05, 3.63) is 33.3 Å². The summed E-state index contributed by atoms with van der Waals surface area (Å²) in [5.74, 6) is 1.58. The van der Waals surface area contributed by atoms with E-state index in [9.17, 15) is 4.79 Å². The lowest BCUT2D eigenvalue weighted by atomic mass is 9.80. The molecule has 2 nitrogen and oxygen atoms in total. The van der Waals surface area contributed by atoms with Crippen LogP contribution in [-0.2, 0) is 0 Å². The topological polar surface area (TPSA) is 29.1 Å². The summed E-state index contributed by atoms with van der Waals surface area (Å²) in [6.45, 7) is 0.683. The molecular weight excluding hydrogens is 361 g/mol. The van der Waals surface area contributed by atoms with E-state index >= 15 is 0 Å². The predicted molar refractivity (Wildman–Crippen MR) is 87.7 cm³/mol. The smallest absolute Gasteiger partial charge is 0.252 e. The molecule has 0 radical (unpaired) electrons. The summed E-state index contributed by atoms with van der Waals surface area (Å²) in [5.41, 5.74) is 0.521. The van der Waals surface area contributed by atoms with Crippen LogP contribution in [0.15, 0.2) is 22.7 Å². The van der Waals surface area contributed by atoms with Gasteiger partial charge in [-0.3, -0.25) is 4.79 Å². The number of hydrogen-bond acceptors (Lipinski definition) is 1. The molecule has 2 unspecified atom stereocenters. The zero-order valence-electron chi connectivity index (χ0n) is 11.2. The highest BCUT2D eigenvalue weighted by molar-refractivity contribution is 9.10. The Kier molecular flexibility index (Phi) is 6.19. The van der Waals surface area contributed by atoms with Gasteiger partial charge in [0, 0.05) is 16.9 Å². The number of benzene rings is 1. The number of carbonyl (C=O) groups excluding carboxylic acids is 1. The van der Waals surface area contributed by atoms with E-state index in [1.807, 2.05) is 6.07 Å². The summed E-state index contributed by atoms with van der Waals surface area (Å²) >= 11 is 15.4. The zero-order chi connectivity index (χ0) is 14.5. The van der Waals surface area contributed by atoms with Crippen LogP contribution in [0.25, 0.3) is 0 Å². The number of hydrogen-bond donors (Lipinski definition) is 1. The Balaban J connectivity index is 1.94. The second kappa shape index (κ2) is 7.67. The third-order valence-electron chi connectivity index (χ3n) is 3.97. The maximum Gasteiger partial charge on any atom is 0.252 e. The fourth-order valence-electron chi connectivity index (χ4n) is 2.75. The Hall–Kier alpha value is -0.250. The first-order chi connectivity index (χ1) is 9.61. The molecule has 1 aromatic rings. The molecule has 1 amide bonds. The van der Waals surface area contributed by atoms with Gasteiger partial charge in [0.05, 0.1) is 10.6 Å². The van der Waals surface area contributed by atoms with Crippen molar-refractivity contribution in [3.8, 4) is 0 Å². The maximum atomic E-state index is 12.2. The van der Waals surface area contributed by atoms with Crippen LogP contribution in [0.3, 0.4) is 0 Å². The van der Waals surface area contributed by atoms with E-state index in [4.69, 9.17) is 23.2 Å². The van der Waals surface area contributed by atoms with Crippen molar-refractivity contribution in [1.82, 2.24) is 5.32 Å². The molecule has 0 aromatic heterocycles. The number of carbonyl (C=O) groups is 1. The molecule has 0 heterocycles. The van der Waals surface area contributed by atoms with Gasteiger partial charge in [0.2, 0.25) is 0 Å². The number of nitrogens with one attached hydrogen (secondary N) is 1. The van der Waals surface area contributed by atoms with Crippen molar-refractivity contribution in [1.29, 1.82) is 0 Å². The zero-order valence-corrected chi connectivity index (χ0v) is 14.3. The molecule has 1 aliphatic carbocycles. The fourth-order valence-corrected chi connectivity index (χ4v) is 3.91. The van der Waals surface area contributed by atoms with Crippen LogP contribution in [0.4, 0.5) is 0 Å². The van der Waals surface area contributed by atoms with Crippen LogP contribution in [0.1, 0.15) is 36.0 Å². The second-order valence-electron chi connectivity index (χ2n) is 5.29. The van der Waals surface area contributed by atoms with Gasteiger partial charge >= 0.3 is 0 Å². The molecular formula is C15H18BrCl2NO. The Morgan fingerprint density at radius 2 is 2.00 bits per heavy atom. The summed E-state index contributed by atoms with van der Waals surface area (Å²) in [7, 11) is 0. The van der Waals surface area contributed by atoms with Crippen LogP contribution >= 0.6 is 39.1 Å². The minimum Gasteiger partial charge on any atom is -0.352 e. The van der Waals surface area contributed by atoms with E-state index in [-0.39, 0.29) is 5.91 Å². The van der Waals surface area contributed by atoms with Crippen molar-refractivity contribution in [2.75, 3.05) is 12.4 Å². The number of alkyl halides is 1. The van der Waals surface area contributed by atoms with Gasteiger partial charge in [-0.15, -0.1) is 11.6 Å². The van der Waals surface area contributed by atoms with Gasteiger partial charge in [0.25, 0.3) is 5.91 Å². The molecule has 2 atom stereocenters. The molecule has 0 spiro atoms. The SMILES string of the molecule is O=C(NCC1CCCCC1CCl)c1ccc(Br)cc1Cl. The monoisotopic (exact) mass is 377 g/mol. The van der Waals surface area contributed by atoms with E-state index in [1.54, 1.807) is 12.1 Å². The van der Waals surface area contributed by atoms with Crippen molar-refractivity contribution in [2.24, 2.45) is 11.8 Å². The van der Waals surface area contributed by atoms with Crippen molar-refractivity contribution in [2.45, 2.75) is 25.7 Å². The molecule has 1 saturated carbocycles. The quantitative estimate of drug-likeness (QED) is 0.743. The summed E-state index contributed by atoms with van der Waals surface area (Å²) in [5, 5.41) is 3.46. The summed E-state index contributed by atoms with van der Waals surface area (Å²) in [4.78, 5) is 12.2. The molecule has 1 aromatic carbocycles. The summed E-state index contributed by atoms with van der Waals surface area (Å²) in [6.07, 6.45) is 4.79. The molecule has 0 aliphatic heterocycles. The highest BCUT2D eigenvalue weighted by Crippen LogP contribution is 2.30. The lowest BCUT2D eigenvalue weighted by molar-refractivity contribution is 0.0937. The van der Waals surface area contributed by atoms with Crippen LogP contribution in [0.5, 0.6) is 0 Å². The van der Waals surface area contributed by atoms with E-state index in [2.05, 4.69) is 21.2 Å². The number of halogens is 3. The van der Waals surface area contributed by atoms with Gasteiger partial charge in [-0.1, -0.05) is 40.4 Å². The predicted octanol–water partition coefficient (Wildman–Crippen LogP) is 4.88. The van der Waals surface area contributed by atoms with Crippen LogP contribution in [0.2, 0.25) is 5.02 Å². The van der Waals surface area contributed by atoms with Gasteiger partial charge in [-0.2, -0.15) is 0 Å². The fraction of sp³-hybridized carbons (Fsp3) is 0.533. The normalized spacial score (nSPS) is 22.6. The van der Waals surface area contributed by atoms with Gasteiger partial charge in [-0.05, 0) is 42.9 Å². The Bertz CT molecular complexity index is 481. The Labute approximate surface area is 138 Å². The van der Waals surface area contributed by atoms with E-state index in [0.717, 1.165) is 10.9 Å². The summed E-state index contributed by atoms with van der Waals surface area (Å²) < 4.78 is 0.869. The molecule has 110 valence electrons. The van der Waals surface area contributed by atoms with Gasteiger partial charge in [-0.25, -0.2) is 0 Å². The van der Waals surface area contributed by atoms with E-state index in [1.165, 1.54) is 19.3 Å². The minimum atomic E-state index is -0.110. The first-order valence-electron chi connectivity index (χ1n) is 6.91. The van der Waals surface area contributed by atoms with E-state index in [0.29, 0.717) is 34.8 Å². The molecule has 1 fully saturated rings. The molecule has 5 heteroatoms. The van der Waals surface area contributed by atoms with Gasteiger partial charge in [0.1, 0.15) is 0 Å². The minimum absolute atomic E-state index is 0.110. The second-order valence-corrected chi connectivity index (χ2v) is 6.92. The third kappa shape index (κ3) is 4.12. The van der Waals surface area contributed by atoms with Gasteiger partial charge in [0.15, 0.2) is 0 Å². The molecule has 1 N–H and O–H groups in total. The summed E-state index contributed by atoms with van der Waals surface area (Å²) in [6, 6.07) is 5.29. The van der Waals surface area contributed by atoms with Crippen LogP contribution in [-0.4, -0.2) is 18.3 Å². The lowest BCUT2D eigenvalue weighted by Crippen LogP contribution is -2.35. The maximum absolute atomic E-state index is 12.2. The molecule has 2 rings (SSSR count). The standard InChI is InChI=1S/C15H18BrCl2NO/c16-12-5-6-13(14(18)7-12)15(20)19-9-11-4-2-1-3-10(11)8-17/h5-7,10-11H,1-4,8-9H2,(H,19,20). The van der Waals surface area contributed by atoms with Crippen molar-refractivity contribution in [3.63, 3.8) is 0 Å². The average molecular weight is 379 g/mol. The Morgan fingerprint density at radius 1 is 1.30 bits per heavy atom. The first-order valence-corrected chi connectivity index (χ1v) is 8.61. The van der Waals surface area contributed by atoms with Crippen molar-refractivity contribution < 1.29 is 4.79 Å². The first kappa shape index (κ1) is 16.1. The Morgan fingerprint density at radius 3 is 2.65 bits per heavy atom. The highest BCUT2D eigenvalue weighted by atomic mass is 79.9.